The zero-order valence-corrected chi connectivity index (χ0v) is 23.4. The second-order valence-corrected chi connectivity index (χ2v) is 11.0. The molecule has 2 atom stereocenters. The van der Waals surface area contributed by atoms with Crippen LogP contribution in [0.3, 0.4) is 0 Å². The molecule has 0 spiro atoms. The van der Waals surface area contributed by atoms with Crippen LogP contribution in [0.1, 0.15) is 29.8 Å². The van der Waals surface area contributed by atoms with Gasteiger partial charge < -0.3 is 20.4 Å². The fraction of sp³-hybridized carbons (Fsp3) is 0.258. The third-order valence-electron chi connectivity index (χ3n) is 7.39. The zero-order chi connectivity index (χ0) is 28.7. The van der Waals surface area contributed by atoms with Gasteiger partial charge in [0.15, 0.2) is 0 Å². The molecule has 1 fully saturated rings. The summed E-state index contributed by atoms with van der Waals surface area (Å²) >= 11 is 6.35. The maximum Gasteiger partial charge on any atom is 0.254 e. The van der Waals surface area contributed by atoms with Crippen LogP contribution in [0, 0.1) is 11.6 Å². The van der Waals surface area contributed by atoms with E-state index in [0.29, 0.717) is 65.2 Å². The molecule has 7 nitrogen and oxygen atoms in total. The minimum absolute atomic E-state index is 0.0250. The molecule has 6 rings (SSSR count). The highest BCUT2D eigenvalue weighted by Crippen LogP contribution is 2.42. The summed E-state index contributed by atoms with van der Waals surface area (Å²) in [5.41, 5.74) is 3.83. The number of hydrogen-bond donors (Lipinski definition) is 2. The minimum Gasteiger partial charge on any atom is -0.336 e. The average Bonchev–Trinajstić information content (AvgIpc) is 3.09. The van der Waals surface area contributed by atoms with Gasteiger partial charge in [0.25, 0.3) is 5.91 Å². The van der Waals surface area contributed by atoms with Crippen LogP contribution >= 0.6 is 11.6 Å². The first-order chi connectivity index (χ1) is 19.8. The fourth-order valence-electron chi connectivity index (χ4n) is 5.68. The second kappa shape index (κ2) is 11.1. The Bertz CT molecular complexity index is 1600. The highest BCUT2D eigenvalue weighted by atomic mass is 35.5. The molecule has 0 aliphatic carbocycles. The Labute approximate surface area is 242 Å². The summed E-state index contributed by atoms with van der Waals surface area (Å²) in [7, 11) is 0. The lowest BCUT2D eigenvalue weighted by atomic mass is 10.0. The van der Waals surface area contributed by atoms with Crippen molar-refractivity contribution in [3.05, 3.63) is 94.6 Å². The second-order valence-electron chi connectivity index (χ2n) is 10.6. The monoisotopic (exact) mass is 574 g/mol. The lowest BCUT2D eigenvalue weighted by Gasteiger charge is -2.36. The van der Waals surface area contributed by atoms with Gasteiger partial charge in [0, 0.05) is 59.8 Å². The molecular formula is C31H29ClF2N6O. The van der Waals surface area contributed by atoms with Crippen LogP contribution in [-0.2, 0) is 6.42 Å². The molecular weight excluding hydrogens is 546 g/mol. The topological polar surface area (TPSA) is 73.4 Å². The number of piperazine rings is 1. The molecule has 2 aliphatic heterocycles. The van der Waals surface area contributed by atoms with Crippen molar-refractivity contribution in [2.24, 2.45) is 0 Å². The van der Waals surface area contributed by atoms with E-state index in [-0.39, 0.29) is 23.7 Å². The number of carbonyl (C=O) groups is 1. The van der Waals surface area contributed by atoms with Gasteiger partial charge in [-0.05, 0) is 74.4 Å². The number of anilines is 4. The zero-order valence-electron chi connectivity index (χ0n) is 22.7. The lowest BCUT2D eigenvalue weighted by molar-refractivity contribution is 0.0674. The predicted molar refractivity (Wildman–Crippen MR) is 157 cm³/mol. The summed E-state index contributed by atoms with van der Waals surface area (Å²) in [6.45, 7) is 5.74. The third kappa shape index (κ3) is 5.47. The Morgan fingerprint density at radius 1 is 1.02 bits per heavy atom. The van der Waals surface area contributed by atoms with Gasteiger partial charge in [-0.15, -0.1) is 0 Å². The number of hydrogen-bond acceptors (Lipinski definition) is 6. The van der Waals surface area contributed by atoms with Crippen LogP contribution in [0.2, 0.25) is 5.02 Å². The SMILES string of the molecule is CC1CN(C(=O)c2cccc(Nc3ncc4c(n3)-c3ccc(Cl)cc3N(c3c(F)cccc3F)CC4)c2)CC(C)N1. The van der Waals surface area contributed by atoms with E-state index in [4.69, 9.17) is 16.6 Å². The molecule has 41 heavy (non-hydrogen) atoms. The smallest absolute Gasteiger partial charge is 0.254 e. The van der Waals surface area contributed by atoms with Crippen molar-refractivity contribution in [1.29, 1.82) is 0 Å². The van der Waals surface area contributed by atoms with Crippen molar-refractivity contribution in [3.8, 4) is 11.3 Å². The Balaban J connectivity index is 1.32. The van der Waals surface area contributed by atoms with Crippen LogP contribution in [-0.4, -0.2) is 52.5 Å². The number of amides is 1. The van der Waals surface area contributed by atoms with Gasteiger partial charge in [0.05, 0.1) is 11.4 Å². The number of nitrogens with one attached hydrogen (secondary N) is 2. The van der Waals surface area contributed by atoms with Crippen LogP contribution in [0.5, 0.6) is 0 Å². The van der Waals surface area contributed by atoms with Gasteiger partial charge in [0.2, 0.25) is 5.95 Å². The molecule has 2 aliphatic rings. The molecule has 210 valence electrons. The van der Waals surface area contributed by atoms with E-state index in [9.17, 15) is 13.6 Å². The van der Waals surface area contributed by atoms with Crippen LogP contribution in [0.4, 0.5) is 31.8 Å². The Hall–Kier alpha value is -4.08. The van der Waals surface area contributed by atoms with Gasteiger partial charge >= 0.3 is 0 Å². The number of fused-ring (bicyclic) bond motifs is 3. The molecule has 0 saturated carbocycles. The van der Waals surface area contributed by atoms with Crippen molar-refractivity contribution >= 4 is 40.5 Å². The van der Waals surface area contributed by atoms with Gasteiger partial charge in [-0.25, -0.2) is 18.7 Å². The minimum atomic E-state index is -0.658. The largest absolute Gasteiger partial charge is 0.336 e. The van der Waals surface area contributed by atoms with Crippen LogP contribution in [0.15, 0.2) is 66.9 Å². The van der Waals surface area contributed by atoms with Gasteiger partial charge in [0.1, 0.15) is 17.3 Å². The number of benzene rings is 3. The Morgan fingerprint density at radius 3 is 2.51 bits per heavy atom. The third-order valence-corrected chi connectivity index (χ3v) is 7.63. The number of nitrogens with zero attached hydrogens (tertiary/aromatic N) is 4. The molecule has 1 aromatic heterocycles. The first-order valence-corrected chi connectivity index (χ1v) is 13.9. The molecule has 2 unspecified atom stereocenters. The van der Waals surface area contributed by atoms with E-state index in [1.807, 2.05) is 17.0 Å². The van der Waals surface area contributed by atoms with Crippen molar-refractivity contribution in [2.45, 2.75) is 32.4 Å². The molecule has 10 heteroatoms. The summed E-state index contributed by atoms with van der Waals surface area (Å²) in [4.78, 5) is 26.1. The average molecular weight is 575 g/mol. The highest BCUT2D eigenvalue weighted by Gasteiger charge is 2.28. The van der Waals surface area contributed by atoms with Gasteiger partial charge in [-0.3, -0.25) is 4.79 Å². The predicted octanol–water partition coefficient (Wildman–Crippen LogP) is 6.34. The molecule has 1 saturated heterocycles. The summed E-state index contributed by atoms with van der Waals surface area (Å²) < 4.78 is 29.7. The highest BCUT2D eigenvalue weighted by molar-refractivity contribution is 6.31. The summed E-state index contributed by atoms with van der Waals surface area (Å²) in [5.74, 6) is -1.00. The molecule has 2 N–H and O–H groups in total. The molecule has 0 radical (unpaired) electrons. The molecule has 3 aromatic carbocycles. The van der Waals surface area contributed by atoms with Crippen molar-refractivity contribution < 1.29 is 13.6 Å². The first-order valence-electron chi connectivity index (χ1n) is 13.6. The summed E-state index contributed by atoms with van der Waals surface area (Å²) in [6.07, 6.45) is 2.18. The molecule has 4 aromatic rings. The van der Waals surface area contributed by atoms with E-state index in [2.05, 4.69) is 29.5 Å². The number of halogens is 3. The Kier molecular flexibility index (Phi) is 7.32. The van der Waals surface area contributed by atoms with Crippen molar-refractivity contribution in [1.82, 2.24) is 20.2 Å². The van der Waals surface area contributed by atoms with Crippen molar-refractivity contribution in [2.75, 3.05) is 29.9 Å². The van der Waals surface area contributed by atoms with Crippen LogP contribution < -0.4 is 15.5 Å². The normalized spacial score (nSPS) is 18.4. The number of aromatic nitrogens is 2. The van der Waals surface area contributed by atoms with E-state index >= 15 is 0 Å². The van der Waals surface area contributed by atoms with E-state index in [1.165, 1.54) is 18.2 Å². The molecule has 1 amide bonds. The molecule has 3 heterocycles. The number of para-hydroxylation sites is 1. The Morgan fingerprint density at radius 2 is 1.76 bits per heavy atom. The molecule has 0 bridgehead atoms. The summed E-state index contributed by atoms with van der Waals surface area (Å²) in [6, 6.07) is 16.8. The maximum absolute atomic E-state index is 14.9. The number of carbonyl (C=O) groups excluding carboxylic acids is 1. The quantitative estimate of drug-likeness (QED) is 0.296. The van der Waals surface area contributed by atoms with Crippen molar-refractivity contribution in [3.63, 3.8) is 0 Å². The first kappa shape index (κ1) is 27.1. The van der Waals surface area contributed by atoms with E-state index in [0.717, 1.165) is 5.56 Å². The lowest BCUT2D eigenvalue weighted by Crippen LogP contribution is -2.55. The van der Waals surface area contributed by atoms with E-state index < -0.39 is 11.6 Å². The van der Waals surface area contributed by atoms with Gasteiger partial charge in [-0.2, -0.15) is 0 Å². The standard InChI is InChI=1S/C31H29ClF2N6O/c1-18-16-39(17-19(2)36-18)30(41)20-5-3-6-23(13-20)37-31-35-15-21-11-12-40(29-25(33)7-4-8-26(29)34)27-14-22(32)9-10-24(27)28(21)38-31/h3-10,13-15,18-19,36H,11-12,16-17H2,1-2H3,(H,35,37,38). The van der Waals surface area contributed by atoms with E-state index in [1.54, 1.807) is 41.4 Å². The fourth-order valence-corrected chi connectivity index (χ4v) is 5.84. The van der Waals surface area contributed by atoms with Crippen LogP contribution in [0.25, 0.3) is 11.3 Å². The maximum atomic E-state index is 14.9. The number of rotatable bonds is 4. The summed E-state index contributed by atoms with van der Waals surface area (Å²) in [5, 5.41) is 7.12. The van der Waals surface area contributed by atoms with Gasteiger partial charge in [-0.1, -0.05) is 23.7 Å².